The van der Waals surface area contributed by atoms with Crippen LogP contribution in [0.5, 0.6) is 0 Å². The van der Waals surface area contributed by atoms with Crippen molar-refractivity contribution < 1.29 is 31.1 Å². The SMILES string of the molecule is O=C1O[C@@H](Cn2ccnn2)CN1c1ccc(N2CCN(S(=O)(=O)c3ccc(F)cc3F)CC2)c(F)c1. The molecule has 2 saturated heterocycles. The molecule has 14 heteroatoms. The van der Waals surface area contributed by atoms with E-state index in [4.69, 9.17) is 4.74 Å². The number of carbonyl (C=O) groups excluding carboxylic acids is 1. The van der Waals surface area contributed by atoms with Gasteiger partial charge in [-0.25, -0.2) is 31.1 Å². The summed E-state index contributed by atoms with van der Waals surface area (Å²) in [6.07, 6.45) is 2.09. The number of cyclic esters (lactones) is 1. The van der Waals surface area contributed by atoms with Crippen LogP contribution in [-0.2, 0) is 21.3 Å². The van der Waals surface area contributed by atoms with Crippen molar-refractivity contribution in [2.75, 3.05) is 42.5 Å². The van der Waals surface area contributed by atoms with E-state index in [0.717, 1.165) is 16.4 Å². The smallest absolute Gasteiger partial charge is 0.414 e. The Kier molecular flexibility index (Phi) is 6.30. The predicted octanol–water partition coefficient (Wildman–Crippen LogP) is 2.23. The molecule has 0 bridgehead atoms. The summed E-state index contributed by atoms with van der Waals surface area (Å²) in [5.41, 5.74) is 0.575. The number of hydrogen-bond acceptors (Lipinski definition) is 7. The van der Waals surface area contributed by atoms with E-state index in [2.05, 4.69) is 10.3 Å². The maximum absolute atomic E-state index is 15.0. The van der Waals surface area contributed by atoms with Crippen LogP contribution in [0.1, 0.15) is 0 Å². The first-order valence-corrected chi connectivity index (χ1v) is 12.5. The Morgan fingerprint density at radius 3 is 2.44 bits per heavy atom. The first-order valence-electron chi connectivity index (χ1n) is 11.0. The molecule has 0 radical (unpaired) electrons. The van der Waals surface area contributed by atoms with E-state index in [9.17, 15) is 22.0 Å². The van der Waals surface area contributed by atoms with Crippen LogP contribution in [0.15, 0.2) is 53.7 Å². The molecule has 0 N–H and O–H groups in total. The van der Waals surface area contributed by atoms with Gasteiger partial charge in [-0.1, -0.05) is 5.21 Å². The molecule has 1 amide bonds. The van der Waals surface area contributed by atoms with Gasteiger partial charge in [-0.3, -0.25) is 4.90 Å². The Labute approximate surface area is 204 Å². The molecule has 10 nitrogen and oxygen atoms in total. The Morgan fingerprint density at radius 2 is 1.78 bits per heavy atom. The molecular weight excluding hydrogens is 501 g/mol. The lowest BCUT2D eigenvalue weighted by Gasteiger charge is -2.35. The molecule has 36 heavy (non-hydrogen) atoms. The summed E-state index contributed by atoms with van der Waals surface area (Å²) in [7, 11) is -4.17. The molecule has 0 unspecified atom stereocenters. The number of hydrogen-bond donors (Lipinski definition) is 0. The zero-order valence-electron chi connectivity index (χ0n) is 18.8. The van der Waals surface area contributed by atoms with Crippen LogP contribution in [0, 0.1) is 17.5 Å². The number of halogens is 3. The molecule has 190 valence electrons. The number of sulfonamides is 1. The zero-order valence-corrected chi connectivity index (χ0v) is 19.6. The van der Waals surface area contributed by atoms with E-state index in [1.807, 2.05) is 0 Å². The highest BCUT2D eigenvalue weighted by atomic mass is 32.2. The number of piperazine rings is 1. The Bertz CT molecular complexity index is 1380. The predicted molar refractivity (Wildman–Crippen MR) is 121 cm³/mol. The van der Waals surface area contributed by atoms with E-state index >= 15 is 4.39 Å². The van der Waals surface area contributed by atoms with Gasteiger partial charge in [0.05, 0.1) is 30.7 Å². The summed E-state index contributed by atoms with van der Waals surface area (Å²) in [5.74, 6) is -2.62. The Hall–Kier alpha value is -3.65. The molecule has 0 spiro atoms. The van der Waals surface area contributed by atoms with Gasteiger partial charge in [-0.2, -0.15) is 4.31 Å². The first-order chi connectivity index (χ1) is 17.2. The lowest BCUT2D eigenvalue weighted by atomic mass is 10.2. The molecule has 2 aromatic carbocycles. The maximum atomic E-state index is 15.0. The normalized spacial score (nSPS) is 19.1. The van der Waals surface area contributed by atoms with Crippen LogP contribution in [0.25, 0.3) is 0 Å². The average molecular weight is 523 g/mol. The molecule has 1 atom stereocenters. The monoisotopic (exact) mass is 522 g/mol. The third-order valence-electron chi connectivity index (χ3n) is 6.07. The highest BCUT2D eigenvalue weighted by Gasteiger charge is 2.34. The van der Waals surface area contributed by atoms with E-state index in [1.165, 1.54) is 27.9 Å². The number of ether oxygens (including phenoxy) is 1. The number of nitrogens with zero attached hydrogens (tertiary/aromatic N) is 6. The molecule has 3 heterocycles. The van der Waals surface area contributed by atoms with Crippen LogP contribution in [0.3, 0.4) is 0 Å². The largest absolute Gasteiger partial charge is 0.442 e. The number of carbonyl (C=O) groups is 1. The van der Waals surface area contributed by atoms with Crippen LogP contribution in [0.4, 0.5) is 29.3 Å². The van der Waals surface area contributed by atoms with Crippen molar-refractivity contribution in [2.45, 2.75) is 17.5 Å². The van der Waals surface area contributed by atoms with Gasteiger partial charge in [0, 0.05) is 38.4 Å². The molecule has 5 rings (SSSR count). The third-order valence-corrected chi connectivity index (χ3v) is 8.00. The second-order valence-electron chi connectivity index (χ2n) is 8.34. The van der Waals surface area contributed by atoms with Crippen molar-refractivity contribution in [2.24, 2.45) is 0 Å². The summed E-state index contributed by atoms with van der Waals surface area (Å²) in [6, 6.07) is 6.64. The van der Waals surface area contributed by atoms with Crippen LogP contribution in [0.2, 0.25) is 0 Å². The number of benzene rings is 2. The minimum absolute atomic E-state index is 0.0112. The molecule has 2 aliphatic heterocycles. The summed E-state index contributed by atoms with van der Waals surface area (Å²) >= 11 is 0. The molecule has 3 aromatic rings. The second kappa shape index (κ2) is 9.43. The summed E-state index contributed by atoms with van der Waals surface area (Å²) in [6.45, 7) is 0.825. The molecule has 0 saturated carbocycles. The number of anilines is 2. The quantitative estimate of drug-likeness (QED) is 0.490. The van der Waals surface area contributed by atoms with Gasteiger partial charge < -0.3 is 9.64 Å². The highest BCUT2D eigenvalue weighted by Crippen LogP contribution is 2.30. The number of aromatic nitrogens is 3. The van der Waals surface area contributed by atoms with E-state index < -0.39 is 44.6 Å². The molecular formula is C22H21F3N6O4S. The summed E-state index contributed by atoms with van der Waals surface area (Å²) in [4.78, 5) is 14.7. The lowest BCUT2D eigenvalue weighted by Crippen LogP contribution is -2.49. The minimum atomic E-state index is -4.17. The molecule has 2 aliphatic rings. The van der Waals surface area contributed by atoms with Crippen molar-refractivity contribution in [3.63, 3.8) is 0 Å². The molecule has 2 fully saturated rings. The minimum Gasteiger partial charge on any atom is -0.442 e. The average Bonchev–Trinajstić information content (AvgIpc) is 3.48. The van der Waals surface area contributed by atoms with E-state index in [1.54, 1.807) is 17.2 Å². The molecule has 1 aromatic heterocycles. The first kappa shape index (κ1) is 24.1. The zero-order chi connectivity index (χ0) is 25.4. The fourth-order valence-corrected chi connectivity index (χ4v) is 5.75. The van der Waals surface area contributed by atoms with Crippen LogP contribution >= 0.6 is 0 Å². The summed E-state index contributed by atoms with van der Waals surface area (Å²) in [5, 5.41) is 7.55. The Morgan fingerprint density at radius 1 is 1.00 bits per heavy atom. The fraction of sp³-hybridized carbons (Fsp3) is 0.318. The van der Waals surface area contributed by atoms with Crippen molar-refractivity contribution in [1.29, 1.82) is 0 Å². The maximum Gasteiger partial charge on any atom is 0.414 e. The highest BCUT2D eigenvalue weighted by molar-refractivity contribution is 7.89. The van der Waals surface area contributed by atoms with E-state index in [0.29, 0.717) is 18.3 Å². The van der Waals surface area contributed by atoms with Gasteiger partial charge in [0.1, 0.15) is 28.5 Å². The fourth-order valence-electron chi connectivity index (χ4n) is 4.28. The van der Waals surface area contributed by atoms with Crippen molar-refractivity contribution in [3.05, 3.63) is 66.2 Å². The van der Waals surface area contributed by atoms with Crippen molar-refractivity contribution >= 4 is 27.5 Å². The lowest BCUT2D eigenvalue weighted by molar-refractivity contribution is 0.129. The van der Waals surface area contributed by atoms with Gasteiger partial charge >= 0.3 is 6.09 Å². The number of rotatable bonds is 6. The van der Waals surface area contributed by atoms with Gasteiger partial charge in [-0.05, 0) is 30.3 Å². The van der Waals surface area contributed by atoms with E-state index in [-0.39, 0.29) is 38.4 Å². The Balaban J connectivity index is 1.24. The van der Waals surface area contributed by atoms with Crippen molar-refractivity contribution in [3.8, 4) is 0 Å². The molecule has 0 aliphatic carbocycles. The van der Waals surface area contributed by atoms with Gasteiger partial charge in [-0.15, -0.1) is 5.10 Å². The summed E-state index contributed by atoms with van der Waals surface area (Å²) < 4.78 is 75.8. The van der Waals surface area contributed by atoms with Gasteiger partial charge in [0.2, 0.25) is 10.0 Å². The van der Waals surface area contributed by atoms with Gasteiger partial charge in [0.15, 0.2) is 0 Å². The third kappa shape index (κ3) is 4.60. The van der Waals surface area contributed by atoms with Crippen LogP contribution in [-0.4, -0.2) is 72.6 Å². The number of amides is 1. The second-order valence-corrected chi connectivity index (χ2v) is 10.2. The van der Waals surface area contributed by atoms with Crippen LogP contribution < -0.4 is 9.80 Å². The topological polar surface area (TPSA) is 101 Å². The van der Waals surface area contributed by atoms with Crippen molar-refractivity contribution in [1.82, 2.24) is 19.3 Å². The van der Waals surface area contributed by atoms with Gasteiger partial charge in [0.25, 0.3) is 0 Å². The standard InChI is InChI=1S/C22H21F3N6O4S/c23-15-1-4-21(19(25)11-15)36(33,34)30-9-7-28(8-10-30)20-3-2-16(12-18(20)24)31-14-17(35-22(31)32)13-29-6-5-26-27-29/h1-6,11-12,17H,7-10,13-14H2/t17-/m0/s1.